The Bertz CT molecular complexity index is 434. The smallest absolute Gasteiger partial charge is 0.423 e. The van der Waals surface area contributed by atoms with Crippen LogP contribution < -0.4 is 10.8 Å². The molecule has 1 aromatic carbocycles. The zero-order valence-corrected chi connectivity index (χ0v) is 13.7. The molecule has 0 bridgehead atoms. The van der Waals surface area contributed by atoms with Crippen molar-refractivity contribution >= 4 is 18.5 Å². The van der Waals surface area contributed by atoms with Crippen molar-refractivity contribution in [3.63, 3.8) is 0 Å². The van der Waals surface area contributed by atoms with E-state index in [1.807, 2.05) is 0 Å². The minimum absolute atomic E-state index is 0.0978. The number of nitrogens with one attached hydrogen (secondary N) is 1. The maximum atomic E-state index is 12.2. The van der Waals surface area contributed by atoms with Gasteiger partial charge < -0.3 is 15.4 Å². The van der Waals surface area contributed by atoms with Crippen LogP contribution in [-0.4, -0.2) is 29.1 Å². The molecule has 0 spiro atoms. The Morgan fingerprint density at radius 2 is 1.73 bits per heavy atom. The predicted molar refractivity (Wildman–Crippen MR) is 91.2 cm³/mol. The summed E-state index contributed by atoms with van der Waals surface area (Å²) in [5, 5.41) is 21.2. The van der Waals surface area contributed by atoms with Crippen molar-refractivity contribution in [2.75, 3.05) is 0 Å². The number of unbranched alkanes of at least 4 members (excludes halogenated alkanes) is 4. The predicted octanol–water partition coefficient (Wildman–Crippen LogP) is 2.24. The average Bonchev–Trinajstić information content (AvgIpc) is 2.53. The zero-order valence-electron chi connectivity index (χ0n) is 13.7. The van der Waals surface area contributed by atoms with Gasteiger partial charge in [-0.25, -0.2) is 0 Å². The Balaban J connectivity index is 2.43. The third-order valence-electron chi connectivity index (χ3n) is 3.96. The van der Waals surface area contributed by atoms with Crippen LogP contribution in [0.3, 0.4) is 0 Å². The molecule has 1 rings (SSSR count). The van der Waals surface area contributed by atoms with Gasteiger partial charge in [-0.2, -0.15) is 0 Å². The fourth-order valence-corrected chi connectivity index (χ4v) is 2.45. The van der Waals surface area contributed by atoms with Crippen molar-refractivity contribution in [3.05, 3.63) is 29.8 Å². The van der Waals surface area contributed by atoms with E-state index in [4.69, 9.17) is 10.0 Å². The van der Waals surface area contributed by atoms with Crippen molar-refractivity contribution in [1.82, 2.24) is 5.32 Å². The molecule has 122 valence electrons. The maximum absolute atomic E-state index is 12.2. The summed E-state index contributed by atoms with van der Waals surface area (Å²) in [6.07, 6.45) is 8.11. The molecule has 0 radical (unpaired) electrons. The van der Waals surface area contributed by atoms with E-state index in [2.05, 4.69) is 19.2 Å². The maximum Gasteiger partial charge on any atom is 0.488 e. The Kier molecular flexibility index (Phi) is 8.86. The molecular formula is C17H28BNO3. The van der Waals surface area contributed by atoms with Crippen LogP contribution in [-0.2, 0) is 0 Å². The third kappa shape index (κ3) is 6.63. The summed E-state index contributed by atoms with van der Waals surface area (Å²) in [6, 6.07) is 6.57. The average molecular weight is 305 g/mol. The Hall–Kier alpha value is -1.33. The van der Waals surface area contributed by atoms with Gasteiger partial charge in [-0.05, 0) is 30.4 Å². The van der Waals surface area contributed by atoms with Crippen molar-refractivity contribution in [2.45, 2.75) is 64.8 Å². The van der Waals surface area contributed by atoms with Crippen LogP contribution in [0.5, 0.6) is 0 Å². The Morgan fingerprint density at radius 3 is 2.27 bits per heavy atom. The highest BCUT2D eigenvalue weighted by Gasteiger charge is 2.14. The topological polar surface area (TPSA) is 69.6 Å². The summed E-state index contributed by atoms with van der Waals surface area (Å²) < 4.78 is 0. The molecule has 0 aliphatic carbocycles. The van der Waals surface area contributed by atoms with Gasteiger partial charge in [-0.15, -0.1) is 0 Å². The van der Waals surface area contributed by atoms with Gasteiger partial charge in [0.15, 0.2) is 0 Å². The highest BCUT2D eigenvalue weighted by Crippen LogP contribution is 2.10. The highest BCUT2D eigenvalue weighted by molar-refractivity contribution is 6.58. The zero-order chi connectivity index (χ0) is 16.4. The molecule has 4 nitrogen and oxygen atoms in total. The number of carbonyl (C=O) groups is 1. The summed E-state index contributed by atoms with van der Waals surface area (Å²) in [4.78, 5) is 12.2. The number of amides is 1. The van der Waals surface area contributed by atoms with E-state index in [1.165, 1.54) is 25.7 Å². The largest absolute Gasteiger partial charge is 0.488 e. The van der Waals surface area contributed by atoms with Crippen molar-refractivity contribution < 1.29 is 14.8 Å². The number of carbonyl (C=O) groups excluding carboxylic acids is 1. The molecule has 0 aliphatic rings. The number of benzene rings is 1. The molecule has 1 aromatic rings. The van der Waals surface area contributed by atoms with Crippen LogP contribution in [0, 0.1) is 0 Å². The molecule has 1 unspecified atom stereocenters. The molecule has 1 amide bonds. The van der Waals surface area contributed by atoms with Crippen LogP contribution in [0.4, 0.5) is 0 Å². The van der Waals surface area contributed by atoms with Crippen LogP contribution in [0.1, 0.15) is 69.2 Å². The van der Waals surface area contributed by atoms with Crippen molar-refractivity contribution in [3.8, 4) is 0 Å². The first-order valence-corrected chi connectivity index (χ1v) is 8.35. The first-order valence-electron chi connectivity index (χ1n) is 8.35. The summed E-state index contributed by atoms with van der Waals surface area (Å²) >= 11 is 0. The minimum atomic E-state index is -1.50. The summed E-state index contributed by atoms with van der Waals surface area (Å²) in [7, 11) is -1.50. The fourth-order valence-electron chi connectivity index (χ4n) is 2.45. The van der Waals surface area contributed by atoms with Gasteiger partial charge >= 0.3 is 7.12 Å². The van der Waals surface area contributed by atoms with E-state index in [9.17, 15) is 4.79 Å². The van der Waals surface area contributed by atoms with E-state index in [1.54, 1.807) is 24.3 Å². The first-order chi connectivity index (χ1) is 10.6. The molecule has 22 heavy (non-hydrogen) atoms. The van der Waals surface area contributed by atoms with Crippen LogP contribution in [0.2, 0.25) is 0 Å². The van der Waals surface area contributed by atoms with Crippen LogP contribution in [0.15, 0.2) is 24.3 Å². The van der Waals surface area contributed by atoms with Gasteiger partial charge in [0.25, 0.3) is 5.91 Å². The molecular weight excluding hydrogens is 277 g/mol. The number of hydrogen-bond donors (Lipinski definition) is 3. The lowest BCUT2D eigenvalue weighted by molar-refractivity contribution is 0.0933. The molecule has 0 aromatic heterocycles. The molecule has 0 saturated carbocycles. The highest BCUT2D eigenvalue weighted by atomic mass is 16.4. The normalized spacial score (nSPS) is 12.0. The second-order valence-corrected chi connectivity index (χ2v) is 5.78. The molecule has 1 atom stereocenters. The van der Waals surface area contributed by atoms with Gasteiger partial charge in [0.1, 0.15) is 0 Å². The van der Waals surface area contributed by atoms with Crippen LogP contribution in [0.25, 0.3) is 0 Å². The van der Waals surface area contributed by atoms with E-state index in [0.29, 0.717) is 11.0 Å². The lowest BCUT2D eigenvalue weighted by Gasteiger charge is -2.17. The lowest BCUT2D eigenvalue weighted by atomic mass is 9.80. The molecule has 0 heterocycles. The molecule has 5 heteroatoms. The Labute approximate surface area is 134 Å². The van der Waals surface area contributed by atoms with Gasteiger partial charge in [-0.1, -0.05) is 58.1 Å². The first kappa shape index (κ1) is 18.7. The molecule has 0 fully saturated rings. The van der Waals surface area contributed by atoms with Gasteiger partial charge in [0.2, 0.25) is 0 Å². The van der Waals surface area contributed by atoms with E-state index >= 15 is 0 Å². The van der Waals surface area contributed by atoms with E-state index in [0.717, 1.165) is 19.3 Å². The quantitative estimate of drug-likeness (QED) is 0.458. The van der Waals surface area contributed by atoms with E-state index in [-0.39, 0.29) is 11.9 Å². The summed E-state index contributed by atoms with van der Waals surface area (Å²) in [5.74, 6) is -0.0978. The Morgan fingerprint density at radius 1 is 1.09 bits per heavy atom. The van der Waals surface area contributed by atoms with Gasteiger partial charge in [0.05, 0.1) is 0 Å². The number of rotatable bonds is 10. The summed E-state index contributed by atoms with van der Waals surface area (Å²) in [6.45, 7) is 4.29. The molecule has 0 aliphatic heterocycles. The van der Waals surface area contributed by atoms with Crippen molar-refractivity contribution in [2.24, 2.45) is 0 Å². The second kappa shape index (κ2) is 10.4. The number of hydrogen-bond acceptors (Lipinski definition) is 3. The lowest BCUT2D eigenvalue weighted by Crippen LogP contribution is -2.35. The third-order valence-corrected chi connectivity index (χ3v) is 3.96. The monoisotopic (exact) mass is 305 g/mol. The molecule has 3 N–H and O–H groups in total. The fraction of sp³-hybridized carbons (Fsp3) is 0.588. The van der Waals surface area contributed by atoms with Gasteiger partial charge in [0, 0.05) is 11.6 Å². The van der Waals surface area contributed by atoms with Gasteiger partial charge in [-0.3, -0.25) is 4.79 Å². The standard InChI is InChI=1S/C17H28BNO3/c1-3-5-6-7-8-9-16(4-2)19-17(20)14-10-12-15(13-11-14)18(21)22/h10-13,16,21-22H,3-9H2,1-2H3,(H,19,20). The van der Waals surface area contributed by atoms with Crippen molar-refractivity contribution in [1.29, 1.82) is 0 Å². The minimum Gasteiger partial charge on any atom is -0.423 e. The summed E-state index contributed by atoms with van der Waals surface area (Å²) in [5.41, 5.74) is 0.938. The molecule has 0 saturated heterocycles. The SMILES string of the molecule is CCCCCCCC(CC)NC(=O)c1ccc(B(O)O)cc1. The second-order valence-electron chi connectivity index (χ2n) is 5.78. The van der Waals surface area contributed by atoms with Crippen LogP contribution >= 0.6 is 0 Å². The van der Waals surface area contributed by atoms with E-state index < -0.39 is 7.12 Å².